The molecule has 0 saturated heterocycles. The third-order valence-electron chi connectivity index (χ3n) is 10.8. The lowest BCUT2D eigenvalue weighted by atomic mass is 9.90. The van der Waals surface area contributed by atoms with Crippen LogP contribution in [0.25, 0.3) is 0 Å². The Balaban J connectivity index is 2.32. The topological polar surface area (TPSA) is 59.0 Å². The van der Waals surface area contributed by atoms with E-state index >= 15 is 0 Å². The first-order valence-corrected chi connectivity index (χ1v) is 21.1. The Hall–Kier alpha value is -0.200. The average Bonchev–Trinajstić information content (AvgIpc) is 3.36. The maximum absolute atomic E-state index is 9.63. The van der Waals surface area contributed by atoms with Crippen LogP contribution >= 0.6 is 0 Å². The number of aliphatic hydroxyl groups excluding tert-OH is 2. The Bertz CT molecular complexity index is 568. The van der Waals surface area contributed by atoms with Crippen LogP contribution in [0, 0.1) is 5.92 Å². The van der Waals surface area contributed by atoms with Gasteiger partial charge in [0.1, 0.15) is 0 Å². The molecule has 0 unspecified atom stereocenters. The van der Waals surface area contributed by atoms with Crippen LogP contribution in [0.5, 0.6) is 0 Å². The molecule has 0 aromatic rings. The lowest BCUT2D eigenvalue weighted by Crippen LogP contribution is -2.42. The van der Waals surface area contributed by atoms with Gasteiger partial charge in [-0.1, -0.05) is 136 Å². The minimum atomic E-state index is 0.245. The predicted octanol–water partition coefficient (Wildman–Crippen LogP) is 10.1. The van der Waals surface area contributed by atoms with E-state index in [1.165, 1.54) is 180 Å². The molecule has 0 heterocycles. The summed E-state index contributed by atoms with van der Waals surface area (Å²) < 4.78 is 0. The molecular weight excluding hydrogens is 566 g/mol. The monoisotopic (exact) mass is 652 g/mol. The van der Waals surface area contributed by atoms with Crippen molar-refractivity contribution in [2.75, 3.05) is 59.0 Å². The highest BCUT2D eigenvalue weighted by Gasteiger charge is 2.20. The van der Waals surface area contributed by atoms with Crippen LogP contribution in [-0.2, 0) is 0 Å². The summed E-state index contributed by atoms with van der Waals surface area (Å²) in [5, 5.41) is 22.5. The molecule has 0 aromatic carbocycles. The van der Waals surface area contributed by atoms with Crippen LogP contribution in [-0.4, -0.2) is 85.1 Å². The first-order valence-electron chi connectivity index (χ1n) is 21.1. The van der Waals surface area contributed by atoms with E-state index < -0.39 is 0 Å². The highest BCUT2D eigenvalue weighted by atomic mass is 16.3. The summed E-state index contributed by atoms with van der Waals surface area (Å²) in [5.41, 5.74) is 0. The van der Waals surface area contributed by atoms with Crippen LogP contribution in [0.15, 0.2) is 0 Å². The number of hydrogen-bond acceptors (Lipinski definition) is 5. The highest BCUT2D eigenvalue weighted by molar-refractivity contribution is 4.76. The minimum absolute atomic E-state index is 0.245. The molecule has 3 N–H and O–H groups in total. The summed E-state index contributed by atoms with van der Waals surface area (Å²) in [6.07, 6.45) is 38.3. The summed E-state index contributed by atoms with van der Waals surface area (Å²) in [6.45, 7) is 12.8. The fourth-order valence-electron chi connectivity index (χ4n) is 7.71. The van der Waals surface area contributed by atoms with Crippen molar-refractivity contribution in [2.45, 2.75) is 200 Å². The number of hydrogen-bond donors (Lipinski definition) is 3. The van der Waals surface area contributed by atoms with E-state index in [9.17, 15) is 5.11 Å². The van der Waals surface area contributed by atoms with Gasteiger partial charge in [0.2, 0.25) is 0 Å². The average molecular weight is 652 g/mol. The normalized spacial score (nSPS) is 14.7. The number of rotatable bonds is 35. The van der Waals surface area contributed by atoms with Crippen molar-refractivity contribution in [1.29, 1.82) is 0 Å². The molecule has 46 heavy (non-hydrogen) atoms. The van der Waals surface area contributed by atoms with Gasteiger partial charge in [-0.3, -0.25) is 9.80 Å². The lowest BCUT2D eigenvalue weighted by molar-refractivity contribution is 0.131. The molecule has 5 heteroatoms. The molecule has 0 atom stereocenters. The lowest BCUT2D eigenvalue weighted by Gasteiger charge is -2.33. The number of unbranched alkanes of at least 4 members (excludes halogenated alkanes) is 14. The van der Waals surface area contributed by atoms with Crippen molar-refractivity contribution in [2.24, 2.45) is 5.92 Å². The van der Waals surface area contributed by atoms with Crippen LogP contribution in [0.4, 0.5) is 0 Å². The molecule has 0 radical (unpaired) electrons. The zero-order valence-electron chi connectivity index (χ0n) is 31.6. The minimum Gasteiger partial charge on any atom is -0.396 e. The van der Waals surface area contributed by atoms with Crippen molar-refractivity contribution >= 4 is 0 Å². The fourth-order valence-corrected chi connectivity index (χ4v) is 7.71. The predicted molar refractivity (Wildman–Crippen MR) is 203 cm³/mol. The number of aliphatic hydroxyl groups is 2. The van der Waals surface area contributed by atoms with Crippen LogP contribution < -0.4 is 5.32 Å². The Morgan fingerprint density at radius 1 is 0.500 bits per heavy atom. The molecule has 276 valence electrons. The zero-order valence-corrected chi connectivity index (χ0v) is 31.6. The summed E-state index contributed by atoms with van der Waals surface area (Å²) >= 11 is 0. The maximum Gasteiger partial charge on any atom is 0.0558 e. The first kappa shape index (κ1) is 43.8. The van der Waals surface area contributed by atoms with Gasteiger partial charge >= 0.3 is 0 Å². The van der Waals surface area contributed by atoms with E-state index in [2.05, 4.69) is 29.0 Å². The summed E-state index contributed by atoms with van der Waals surface area (Å²) in [7, 11) is 0. The van der Waals surface area contributed by atoms with Gasteiger partial charge < -0.3 is 15.5 Å². The van der Waals surface area contributed by atoms with Crippen molar-refractivity contribution in [1.82, 2.24) is 15.1 Å². The van der Waals surface area contributed by atoms with E-state index in [1.807, 2.05) is 0 Å². The summed E-state index contributed by atoms with van der Waals surface area (Å²) in [5.74, 6) is 0.961. The SMILES string of the molecule is CCCCCCCCC(CCCCCCCC)CCCNCCCCCN(CCN(CCO)CCCCCO)C1CCCCCC1. The third kappa shape index (κ3) is 26.7. The maximum atomic E-state index is 9.63. The van der Waals surface area contributed by atoms with E-state index in [0.717, 1.165) is 57.4 Å². The molecule has 0 amide bonds. The Morgan fingerprint density at radius 3 is 1.67 bits per heavy atom. The van der Waals surface area contributed by atoms with Crippen LogP contribution in [0.1, 0.15) is 194 Å². The molecule has 5 nitrogen and oxygen atoms in total. The van der Waals surface area contributed by atoms with Crippen molar-refractivity contribution in [3.63, 3.8) is 0 Å². The van der Waals surface area contributed by atoms with Gasteiger partial charge in [-0.15, -0.1) is 0 Å². The molecule has 1 saturated carbocycles. The van der Waals surface area contributed by atoms with Crippen molar-refractivity contribution in [3.05, 3.63) is 0 Å². The molecule has 1 aliphatic rings. The molecule has 0 aromatic heterocycles. The summed E-state index contributed by atoms with van der Waals surface area (Å²) in [4.78, 5) is 5.28. The Kier molecular flexibility index (Phi) is 33.0. The molecule has 0 aliphatic heterocycles. The van der Waals surface area contributed by atoms with Gasteiger partial charge in [0.15, 0.2) is 0 Å². The zero-order chi connectivity index (χ0) is 33.2. The van der Waals surface area contributed by atoms with Gasteiger partial charge in [-0.2, -0.15) is 0 Å². The third-order valence-corrected chi connectivity index (χ3v) is 10.8. The van der Waals surface area contributed by atoms with Crippen molar-refractivity contribution in [3.8, 4) is 0 Å². The molecule has 0 spiro atoms. The standard InChI is InChI=1S/C41H85N3O2/c1-3-5-7-9-11-17-26-40(27-18-12-10-8-6-4-2)28-25-32-42-31-21-15-23-34-44(41-29-19-13-14-20-30-41)36-35-43(37-39-46)33-22-16-24-38-45/h40-42,45-46H,3-39H2,1-2H3. The van der Waals surface area contributed by atoms with E-state index in [-0.39, 0.29) is 6.61 Å². The fraction of sp³-hybridized carbons (Fsp3) is 1.00. The smallest absolute Gasteiger partial charge is 0.0558 e. The highest BCUT2D eigenvalue weighted by Crippen LogP contribution is 2.24. The number of nitrogens with one attached hydrogen (secondary N) is 1. The van der Waals surface area contributed by atoms with Gasteiger partial charge in [-0.05, 0) is 89.9 Å². The van der Waals surface area contributed by atoms with Gasteiger partial charge in [-0.25, -0.2) is 0 Å². The largest absolute Gasteiger partial charge is 0.396 e. The molecule has 1 aliphatic carbocycles. The summed E-state index contributed by atoms with van der Waals surface area (Å²) in [6, 6.07) is 0.756. The van der Waals surface area contributed by atoms with E-state index in [4.69, 9.17) is 5.11 Å². The van der Waals surface area contributed by atoms with E-state index in [0.29, 0.717) is 6.61 Å². The Labute approximate surface area is 289 Å². The Morgan fingerprint density at radius 2 is 1.04 bits per heavy atom. The molecular formula is C41H85N3O2. The van der Waals surface area contributed by atoms with Gasteiger partial charge in [0.05, 0.1) is 6.61 Å². The van der Waals surface area contributed by atoms with Gasteiger partial charge in [0, 0.05) is 32.3 Å². The quantitative estimate of drug-likeness (QED) is 0.0470. The van der Waals surface area contributed by atoms with Crippen LogP contribution in [0.2, 0.25) is 0 Å². The first-order chi connectivity index (χ1) is 22.7. The van der Waals surface area contributed by atoms with Crippen LogP contribution in [0.3, 0.4) is 0 Å². The van der Waals surface area contributed by atoms with Crippen molar-refractivity contribution < 1.29 is 10.2 Å². The molecule has 1 rings (SSSR count). The molecule has 0 bridgehead atoms. The second kappa shape index (κ2) is 34.7. The molecule has 1 fully saturated rings. The second-order valence-corrected chi connectivity index (χ2v) is 15.0. The number of nitrogens with zero attached hydrogens (tertiary/aromatic N) is 2. The van der Waals surface area contributed by atoms with Gasteiger partial charge in [0.25, 0.3) is 0 Å². The second-order valence-electron chi connectivity index (χ2n) is 15.0. The van der Waals surface area contributed by atoms with E-state index in [1.54, 1.807) is 0 Å².